The third-order valence-corrected chi connectivity index (χ3v) is 5.89. The van der Waals surface area contributed by atoms with Gasteiger partial charge in [0.25, 0.3) is 5.91 Å². The predicted octanol–water partition coefficient (Wildman–Crippen LogP) is 0.836. The number of hydrogen-bond donors (Lipinski definition) is 0. The van der Waals surface area contributed by atoms with Crippen molar-refractivity contribution in [3.05, 3.63) is 30.1 Å². The molecule has 7 heteroatoms. The summed E-state index contributed by atoms with van der Waals surface area (Å²) >= 11 is 0. The predicted molar refractivity (Wildman–Crippen MR) is 87.6 cm³/mol. The SMILES string of the molecule is C#CCN(C(=O)c1ccc2c(c1)ncn2C)[C@@H]1CCS(=O)(=O)C1. The molecule has 0 aliphatic carbocycles. The summed E-state index contributed by atoms with van der Waals surface area (Å²) in [6, 6.07) is 4.90. The van der Waals surface area contributed by atoms with E-state index in [-0.39, 0.29) is 30.0 Å². The summed E-state index contributed by atoms with van der Waals surface area (Å²) in [7, 11) is -1.20. The minimum Gasteiger partial charge on any atom is -0.334 e. The van der Waals surface area contributed by atoms with Gasteiger partial charge in [-0.25, -0.2) is 13.4 Å². The number of benzene rings is 1. The van der Waals surface area contributed by atoms with E-state index in [4.69, 9.17) is 6.42 Å². The van der Waals surface area contributed by atoms with Gasteiger partial charge >= 0.3 is 0 Å². The van der Waals surface area contributed by atoms with E-state index in [0.717, 1.165) is 11.0 Å². The molecule has 1 aromatic carbocycles. The first kappa shape index (κ1) is 15.6. The highest BCUT2D eigenvalue weighted by molar-refractivity contribution is 7.91. The van der Waals surface area contributed by atoms with Gasteiger partial charge in [-0.05, 0) is 24.6 Å². The first-order valence-corrected chi connectivity index (χ1v) is 9.09. The van der Waals surface area contributed by atoms with Gasteiger partial charge in [-0.2, -0.15) is 0 Å². The van der Waals surface area contributed by atoms with E-state index in [2.05, 4.69) is 10.9 Å². The molecule has 1 saturated heterocycles. The summed E-state index contributed by atoms with van der Waals surface area (Å²) in [6.45, 7) is 0.0965. The van der Waals surface area contributed by atoms with Crippen LogP contribution in [0.1, 0.15) is 16.8 Å². The van der Waals surface area contributed by atoms with Gasteiger partial charge in [0, 0.05) is 18.7 Å². The van der Waals surface area contributed by atoms with Gasteiger partial charge in [-0.15, -0.1) is 6.42 Å². The van der Waals surface area contributed by atoms with Crippen molar-refractivity contribution in [1.29, 1.82) is 0 Å². The molecule has 1 aliphatic rings. The van der Waals surface area contributed by atoms with Crippen LogP contribution in [0.15, 0.2) is 24.5 Å². The van der Waals surface area contributed by atoms with Gasteiger partial charge in [-0.3, -0.25) is 4.79 Å². The quantitative estimate of drug-likeness (QED) is 0.781. The average molecular weight is 331 g/mol. The largest absolute Gasteiger partial charge is 0.334 e. The van der Waals surface area contributed by atoms with Gasteiger partial charge in [0.1, 0.15) is 0 Å². The standard InChI is InChI=1S/C16H17N3O3S/c1-3-7-19(13-6-8-23(21,22)10-13)16(20)12-4-5-15-14(9-12)17-11-18(15)2/h1,4-5,9,11,13H,6-8,10H2,2H3/t13-/m1/s1. The Morgan fingerprint density at radius 2 is 2.30 bits per heavy atom. The Morgan fingerprint density at radius 1 is 1.52 bits per heavy atom. The first-order valence-electron chi connectivity index (χ1n) is 7.27. The third kappa shape index (κ3) is 2.94. The fourth-order valence-corrected chi connectivity index (χ4v) is 4.65. The molecule has 0 radical (unpaired) electrons. The summed E-state index contributed by atoms with van der Waals surface area (Å²) in [5.41, 5.74) is 2.11. The Bertz CT molecular complexity index is 908. The second kappa shape index (κ2) is 5.70. The van der Waals surface area contributed by atoms with Crippen molar-refractivity contribution in [3.63, 3.8) is 0 Å². The normalized spacial score (nSPS) is 19.6. The van der Waals surface area contributed by atoms with Gasteiger partial charge in [0.15, 0.2) is 9.84 Å². The van der Waals surface area contributed by atoms with Crippen LogP contribution in [0.4, 0.5) is 0 Å². The Balaban J connectivity index is 1.92. The Hall–Kier alpha value is -2.33. The zero-order valence-electron chi connectivity index (χ0n) is 12.8. The number of amides is 1. The van der Waals surface area contributed by atoms with Crippen LogP contribution in [0.25, 0.3) is 11.0 Å². The van der Waals surface area contributed by atoms with E-state index in [1.54, 1.807) is 18.5 Å². The van der Waals surface area contributed by atoms with Crippen molar-refractivity contribution in [2.45, 2.75) is 12.5 Å². The van der Waals surface area contributed by atoms with Crippen molar-refractivity contribution in [2.75, 3.05) is 18.1 Å². The van der Waals surface area contributed by atoms with Crippen molar-refractivity contribution in [2.24, 2.45) is 7.05 Å². The number of imidazole rings is 1. The first-order chi connectivity index (χ1) is 10.9. The Morgan fingerprint density at radius 3 is 2.96 bits per heavy atom. The molecule has 0 bridgehead atoms. The maximum atomic E-state index is 12.8. The van der Waals surface area contributed by atoms with Crippen LogP contribution in [0.2, 0.25) is 0 Å². The Labute approximate surface area is 135 Å². The Kier molecular flexibility index (Phi) is 3.86. The van der Waals surface area contributed by atoms with Crippen LogP contribution < -0.4 is 0 Å². The smallest absolute Gasteiger partial charge is 0.255 e. The molecule has 120 valence electrons. The van der Waals surface area contributed by atoms with E-state index in [1.807, 2.05) is 17.7 Å². The van der Waals surface area contributed by atoms with Crippen LogP contribution in [0.3, 0.4) is 0 Å². The van der Waals surface area contributed by atoms with Crippen LogP contribution in [-0.2, 0) is 16.9 Å². The minimum absolute atomic E-state index is 0.0216. The van der Waals surface area contributed by atoms with Gasteiger partial charge < -0.3 is 9.47 Å². The summed E-state index contributed by atoms with van der Waals surface area (Å²) in [6.07, 6.45) is 7.48. The van der Waals surface area contributed by atoms with Crippen molar-refractivity contribution in [3.8, 4) is 12.3 Å². The second-order valence-electron chi connectivity index (χ2n) is 5.75. The number of aryl methyl sites for hydroxylation is 1. The van der Waals surface area contributed by atoms with Crippen LogP contribution in [0, 0.1) is 12.3 Å². The molecule has 23 heavy (non-hydrogen) atoms. The number of terminal acetylenes is 1. The van der Waals surface area contributed by atoms with E-state index in [9.17, 15) is 13.2 Å². The molecule has 0 saturated carbocycles. The lowest BCUT2D eigenvalue weighted by atomic mass is 10.1. The lowest BCUT2D eigenvalue weighted by molar-refractivity contribution is 0.0724. The van der Waals surface area contributed by atoms with Crippen LogP contribution in [-0.4, -0.2) is 52.9 Å². The number of nitrogens with zero attached hydrogens (tertiary/aromatic N) is 3. The maximum Gasteiger partial charge on any atom is 0.255 e. The highest BCUT2D eigenvalue weighted by atomic mass is 32.2. The van der Waals surface area contributed by atoms with Gasteiger partial charge in [0.2, 0.25) is 0 Å². The van der Waals surface area contributed by atoms with Crippen molar-refractivity contribution in [1.82, 2.24) is 14.5 Å². The van der Waals surface area contributed by atoms with Crippen LogP contribution in [0.5, 0.6) is 0 Å². The van der Waals surface area contributed by atoms with Crippen molar-refractivity contribution >= 4 is 26.8 Å². The van der Waals surface area contributed by atoms with E-state index in [0.29, 0.717) is 12.0 Å². The number of carbonyl (C=O) groups is 1. The lowest BCUT2D eigenvalue weighted by Gasteiger charge is -2.26. The maximum absolute atomic E-state index is 12.8. The molecule has 0 unspecified atom stereocenters. The highest BCUT2D eigenvalue weighted by Gasteiger charge is 2.34. The molecule has 1 aromatic heterocycles. The number of hydrogen-bond acceptors (Lipinski definition) is 4. The zero-order valence-corrected chi connectivity index (χ0v) is 13.6. The molecule has 6 nitrogen and oxygen atoms in total. The number of aromatic nitrogens is 2. The average Bonchev–Trinajstić information content (AvgIpc) is 3.06. The van der Waals surface area contributed by atoms with Crippen LogP contribution >= 0.6 is 0 Å². The molecule has 1 atom stereocenters. The van der Waals surface area contributed by atoms with E-state index < -0.39 is 9.84 Å². The monoisotopic (exact) mass is 331 g/mol. The number of carbonyl (C=O) groups excluding carboxylic acids is 1. The minimum atomic E-state index is -3.08. The molecule has 0 spiro atoms. The topological polar surface area (TPSA) is 72.3 Å². The molecule has 2 aromatic rings. The lowest BCUT2D eigenvalue weighted by Crippen LogP contribution is -2.41. The van der Waals surface area contributed by atoms with E-state index >= 15 is 0 Å². The van der Waals surface area contributed by atoms with E-state index in [1.165, 1.54) is 4.90 Å². The summed E-state index contributed by atoms with van der Waals surface area (Å²) in [5, 5.41) is 0. The number of fused-ring (bicyclic) bond motifs is 1. The third-order valence-electron chi connectivity index (χ3n) is 4.14. The summed E-state index contributed by atoms with van der Waals surface area (Å²) < 4.78 is 25.2. The molecule has 2 heterocycles. The molecule has 3 rings (SSSR count). The molecular formula is C16H17N3O3S. The number of rotatable bonds is 3. The van der Waals surface area contributed by atoms with Gasteiger partial charge in [-0.1, -0.05) is 5.92 Å². The van der Waals surface area contributed by atoms with Crippen molar-refractivity contribution < 1.29 is 13.2 Å². The molecule has 1 aliphatic heterocycles. The summed E-state index contributed by atoms with van der Waals surface area (Å²) in [4.78, 5) is 18.5. The zero-order chi connectivity index (χ0) is 16.6. The number of sulfone groups is 1. The molecule has 0 N–H and O–H groups in total. The fourth-order valence-electron chi connectivity index (χ4n) is 2.92. The second-order valence-corrected chi connectivity index (χ2v) is 7.98. The highest BCUT2D eigenvalue weighted by Crippen LogP contribution is 2.21. The molecule has 1 fully saturated rings. The summed E-state index contributed by atoms with van der Waals surface area (Å²) in [5.74, 6) is 2.28. The molecular weight excluding hydrogens is 314 g/mol. The molecule has 1 amide bonds. The van der Waals surface area contributed by atoms with Gasteiger partial charge in [0.05, 0.1) is 35.4 Å². The fraction of sp³-hybridized carbons (Fsp3) is 0.375.